The molecule has 2 heterocycles. The second kappa shape index (κ2) is 3.83. The zero-order chi connectivity index (χ0) is 12.1. The Hall–Kier alpha value is 0.150. The molecule has 0 bridgehead atoms. The van der Waals surface area contributed by atoms with Crippen LogP contribution in [-0.2, 0) is 10.0 Å². The minimum Gasteiger partial charge on any atom is -0.387 e. The van der Waals surface area contributed by atoms with E-state index in [1.807, 2.05) is 0 Å². The summed E-state index contributed by atoms with van der Waals surface area (Å²) in [6.07, 6.45) is 0. The van der Waals surface area contributed by atoms with Gasteiger partial charge in [-0.15, -0.1) is 11.3 Å². The van der Waals surface area contributed by atoms with Gasteiger partial charge in [0.15, 0.2) is 0 Å². The fourth-order valence-electron chi connectivity index (χ4n) is 1.52. The summed E-state index contributed by atoms with van der Waals surface area (Å²) in [6, 6.07) is 1.33. The minimum absolute atomic E-state index is 0.0136. The molecule has 0 radical (unpaired) electrons. The van der Waals surface area contributed by atoms with Gasteiger partial charge < -0.3 is 5.11 Å². The monoisotopic (exact) mass is 301 g/mol. The van der Waals surface area contributed by atoms with Gasteiger partial charge in [0.2, 0.25) is 10.0 Å². The summed E-state index contributed by atoms with van der Waals surface area (Å²) in [4.78, 5) is 0.0136. The van der Waals surface area contributed by atoms with Gasteiger partial charge >= 0.3 is 0 Å². The highest BCUT2D eigenvalue weighted by Crippen LogP contribution is 2.38. The molecule has 0 saturated carbocycles. The zero-order valence-electron chi connectivity index (χ0n) is 8.27. The van der Waals surface area contributed by atoms with E-state index in [-0.39, 0.29) is 22.3 Å². The molecule has 4 nitrogen and oxygen atoms in total. The van der Waals surface area contributed by atoms with Crippen LogP contribution in [0.1, 0.15) is 6.92 Å². The standard InChI is InChI=1S/C8H9Cl2NO3S2/c1-8(12)3-11(4-8)16(13,14)5-2-6(9)15-7(5)10/h2,12H,3-4H2,1H3. The van der Waals surface area contributed by atoms with Crippen molar-refractivity contribution in [1.29, 1.82) is 0 Å². The molecule has 0 aromatic carbocycles. The molecule has 1 aromatic heterocycles. The molecule has 1 aliphatic rings. The van der Waals surface area contributed by atoms with E-state index in [0.717, 1.165) is 11.3 Å². The number of aliphatic hydroxyl groups is 1. The Bertz CT molecular complexity index is 515. The van der Waals surface area contributed by atoms with Crippen molar-refractivity contribution in [2.24, 2.45) is 0 Å². The summed E-state index contributed by atoms with van der Waals surface area (Å²) in [5.74, 6) is 0. The quantitative estimate of drug-likeness (QED) is 0.906. The third kappa shape index (κ3) is 2.10. The van der Waals surface area contributed by atoms with E-state index in [2.05, 4.69) is 0 Å². The van der Waals surface area contributed by atoms with Crippen molar-refractivity contribution in [3.05, 3.63) is 14.7 Å². The summed E-state index contributed by atoms with van der Waals surface area (Å²) >= 11 is 12.5. The molecule has 0 unspecified atom stereocenters. The summed E-state index contributed by atoms with van der Waals surface area (Å²) in [5, 5.41) is 9.51. The van der Waals surface area contributed by atoms with Crippen molar-refractivity contribution in [3.8, 4) is 0 Å². The Balaban J connectivity index is 2.31. The van der Waals surface area contributed by atoms with E-state index >= 15 is 0 Å². The van der Waals surface area contributed by atoms with E-state index in [1.165, 1.54) is 10.4 Å². The smallest absolute Gasteiger partial charge is 0.245 e. The molecule has 1 aromatic rings. The van der Waals surface area contributed by atoms with Gasteiger partial charge in [0.25, 0.3) is 0 Å². The summed E-state index contributed by atoms with van der Waals surface area (Å²) < 4.78 is 25.7. The first kappa shape index (κ1) is 12.6. The first-order chi connectivity index (χ1) is 7.22. The van der Waals surface area contributed by atoms with Crippen LogP contribution in [0.3, 0.4) is 0 Å². The molecule has 8 heteroatoms. The summed E-state index contributed by atoms with van der Waals surface area (Å²) in [6.45, 7) is 1.75. The van der Waals surface area contributed by atoms with Crippen LogP contribution < -0.4 is 0 Å². The van der Waals surface area contributed by atoms with Crippen LogP contribution in [-0.4, -0.2) is 36.5 Å². The highest BCUT2D eigenvalue weighted by Gasteiger charge is 2.44. The van der Waals surface area contributed by atoms with Gasteiger partial charge in [-0.2, -0.15) is 4.31 Å². The minimum atomic E-state index is -3.62. The number of halogens is 2. The predicted octanol–water partition coefficient (Wildman–Crippen LogP) is 1.81. The van der Waals surface area contributed by atoms with Gasteiger partial charge in [0.05, 0.1) is 9.94 Å². The van der Waals surface area contributed by atoms with Crippen molar-refractivity contribution < 1.29 is 13.5 Å². The first-order valence-electron chi connectivity index (χ1n) is 4.40. The van der Waals surface area contributed by atoms with E-state index in [0.29, 0.717) is 4.34 Å². The third-order valence-corrected chi connectivity index (χ3v) is 5.82. The van der Waals surface area contributed by atoms with Crippen LogP contribution in [0.5, 0.6) is 0 Å². The number of hydrogen-bond donors (Lipinski definition) is 1. The molecule has 90 valence electrons. The van der Waals surface area contributed by atoms with E-state index < -0.39 is 15.6 Å². The zero-order valence-corrected chi connectivity index (χ0v) is 11.4. The molecule has 16 heavy (non-hydrogen) atoms. The van der Waals surface area contributed by atoms with Crippen LogP contribution in [0.4, 0.5) is 0 Å². The lowest BCUT2D eigenvalue weighted by atomic mass is 10.0. The van der Waals surface area contributed by atoms with Crippen molar-refractivity contribution >= 4 is 44.6 Å². The molecule has 0 amide bonds. The van der Waals surface area contributed by atoms with Gasteiger partial charge in [-0.3, -0.25) is 0 Å². The second-order valence-electron chi connectivity index (χ2n) is 3.96. The molecule has 1 saturated heterocycles. The van der Waals surface area contributed by atoms with Gasteiger partial charge in [-0.1, -0.05) is 23.2 Å². The fraction of sp³-hybridized carbons (Fsp3) is 0.500. The lowest BCUT2D eigenvalue weighted by Crippen LogP contribution is -2.61. The largest absolute Gasteiger partial charge is 0.387 e. The maximum atomic E-state index is 12.0. The Morgan fingerprint density at radius 2 is 2.06 bits per heavy atom. The first-order valence-corrected chi connectivity index (χ1v) is 7.41. The molecule has 2 rings (SSSR count). The number of thiophene rings is 1. The normalized spacial score (nSPS) is 20.8. The number of β-amino-alcohol motifs (C(OH)–C–C–N with tert-alkyl or cyclic N) is 1. The van der Waals surface area contributed by atoms with Crippen molar-refractivity contribution in [3.63, 3.8) is 0 Å². The van der Waals surface area contributed by atoms with Gasteiger partial charge in [0, 0.05) is 13.1 Å². The van der Waals surface area contributed by atoms with Gasteiger partial charge in [-0.05, 0) is 13.0 Å². The Kier molecular flexibility index (Phi) is 3.02. The molecular weight excluding hydrogens is 293 g/mol. The number of sulfonamides is 1. The van der Waals surface area contributed by atoms with Crippen LogP contribution in [0.15, 0.2) is 11.0 Å². The van der Waals surface area contributed by atoms with Crippen LogP contribution >= 0.6 is 34.5 Å². The average molecular weight is 302 g/mol. The maximum absolute atomic E-state index is 12.0. The predicted molar refractivity (Wildman–Crippen MR) is 63.7 cm³/mol. The molecule has 0 atom stereocenters. The van der Waals surface area contributed by atoms with E-state index in [9.17, 15) is 13.5 Å². The molecule has 0 aliphatic carbocycles. The number of hydrogen-bond acceptors (Lipinski definition) is 4. The van der Waals surface area contributed by atoms with Crippen LogP contribution in [0.2, 0.25) is 8.67 Å². The van der Waals surface area contributed by atoms with E-state index in [4.69, 9.17) is 23.2 Å². The lowest BCUT2D eigenvalue weighted by Gasteiger charge is -2.42. The highest BCUT2D eigenvalue weighted by molar-refractivity contribution is 7.89. The SMILES string of the molecule is CC1(O)CN(S(=O)(=O)c2cc(Cl)sc2Cl)C1. The summed E-state index contributed by atoms with van der Waals surface area (Å²) in [7, 11) is -3.62. The molecule has 0 spiro atoms. The molecule has 1 aliphatic heterocycles. The number of rotatable bonds is 2. The highest BCUT2D eigenvalue weighted by atomic mass is 35.5. The topological polar surface area (TPSA) is 57.6 Å². The van der Waals surface area contributed by atoms with Gasteiger partial charge in [-0.25, -0.2) is 8.42 Å². The van der Waals surface area contributed by atoms with E-state index in [1.54, 1.807) is 6.92 Å². The summed E-state index contributed by atoms with van der Waals surface area (Å²) in [5.41, 5.74) is -0.945. The second-order valence-corrected chi connectivity index (χ2v) is 8.15. The van der Waals surface area contributed by atoms with Crippen molar-refractivity contribution in [1.82, 2.24) is 4.31 Å². The van der Waals surface area contributed by atoms with Crippen molar-refractivity contribution in [2.75, 3.05) is 13.1 Å². The Labute approximate surface area is 107 Å². The average Bonchev–Trinajstić information content (AvgIpc) is 2.41. The third-order valence-electron chi connectivity index (χ3n) is 2.28. The fourth-order valence-corrected chi connectivity index (χ4v) is 5.31. The molecule has 1 fully saturated rings. The van der Waals surface area contributed by atoms with Crippen LogP contribution in [0.25, 0.3) is 0 Å². The molecular formula is C8H9Cl2NO3S2. The lowest BCUT2D eigenvalue weighted by molar-refractivity contribution is -0.0426. The maximum Gasteiger partial charge on any atom is 0.245 e. The Morgan fingerprint density at radius 3 is 2.44 bits per heavy atom. The Morgan fingerprint density at radius 1 is 1.50 bits per heavy atom. The molecule has 1 N–H and O–H groups in total. The number of nitrogens with zero attached hydrogens (tertiary/aromatic N) is 1. The van der Waals surface area contributed by atoms with Gasteiger partial charge in [0.1, 0.15) is 9.23 Å². The van der Waals surface area contributed by atoms with Crippen molar-refractivity contribution in [2.45, 2.75) is 17.4 Å². The van der Waals surface area contributed by atoms with Crippen LogP contribution in [0, 0.1) is 0 Å².